The Bertz CT molecular complexity index is 719. The summed E-state index contributed by atoms with van der Waals surface area (Å²) in [4.78, 5) is 31.8. The molecule has 170 valence electrons. The summed E-state index contributed by atoms with van der Waals surface area (Å²) in [5, 5.41) is 0. The van der Waals surface area contributed by atoms with Crippen molar-refractivity contribution in [1.29, 1.82) is 0 Å². The van der Waals surface area contributed by atoms with E-state index in [1.165, 1.54) is 18.4 Å². The van der Waals surface area contributed by atoms with E-state index in [2.05, 4.69) is 35.2 Å². The van der Waals surface area contributed by atoms with Crippen molar-refractivity contribution in [3.8, 4) is 0 Å². The molecule has 0 N–H and O–H groups in total. The van der Waals surface area contributed by atoms with Crippen LogP contribution in [0.3, 0.4) is 0 Å². The Labute approximate surface area is 186 Å². The summed E-state index contributed by atoms with van der Waals surface area (Å²) >= 11 is 0. The average Bonchev–Trinajstić information content (AvgIpc) is 2.85. The third kappa shape index (κ3) is 5.66. The van der Waals surface area contributed by atoms with Crippen LogP contribution >= 0.6 is 0 Å². The van der Waals surface area contributed by atoms with Crippen molar-refractivity contribution in [3.05, 3.63) is 35.9 Å². The maximum atomic E-state index is 12.9. The van der Waals surface area contributed by atoms with Gasteiger partial charge in [-0.2, -0.15) is 0 Å². The third-order valence-electron chi connectivity index (χ3n) is 7.48. The number of amides is 2. The van der Waals surface area contributed by atoms with Gasteiger partial charge in [-0.05, 0) is 50.0 Å². The summed E-state index contributed by atoms with van der Waals surface area (Å²) < 4.78 is 5.35. The topological polar surface area (TPSA) is 53.1 Å². The highest BCUT2D eigenvalue weighted by Crippen LogP contribution is 2.37. The van der Waals surface area contributed by atoms with E-state index < -0.39 is 0 Å². The molecule has 2 amide bonds. The van der Waals surface area contributed by atoms with Crippen LogP contribution in [-0.4, -0.2) is 85.0 Å². The van der Waals surface area contributed by atoms with Gasteiger partial charge in [0.05, 0.1) is 19.3 Å². The van der Waals surface area contributed by atoms with Gasteiger partial charge in [0, 0.05) is 45.7 Å². The largest absolute Gasteiger partial charge is 0.378 e. The average molecular weight is 428 g/mol. The summed E-state index contributed by atoms with van der Waals surface area (Å²) in [6.07, 6.45) is 5.37. The number of carbonyl (C=O) groups excluding carboxylic acids is 2. The zero-order valence-electron chi connectivity index (χ0n) is 18.9. The molecule has 4 rings (SSSR count). The van der Waals surface area contributed by atoms with E-state index in [-0.39, 0.29) is 11.9 Å². The lowest BCUT2D eigenvalue weighted by atomic mass is 9.77. The highest BCUT2D eigenvalue weighted by atomic mass is 16.5. The first-order chi connectivity index (χ1) is 15.1. The standard InChI is InChI=1S/C25H37N3O3/c1-20(25(30)28-15-17-31-18-16-28)26-11-13-27(14-12-26)24(29)19-21-7-9-23(10-8-21)22-5-3-2-4-6-22/h2-6,20-21,23H,7-19H2,1H3. The number of morpholine rings is 1. The van der Waals surface area contributed by atoms with E-state index in [1.54, 1.807) is 0 Å². The van der Waals surface area contributed by atoms with Gasteiger partial charge in [-0.15, -0.1) is 0 Å². The first-order valence-electron chi connectivity index (χ1n) is 12.0. The third-order valence-corrected chi connectivity index (χ3v) is 7.48. The van der Waals surface area contributed by atoms with Crippen LogP contribution in [0.1, 0.15) is 50.5 Å². The quantitative estimate of drug-likeness (QED) is 0.725. The molecule has 0 radical (unpaired) electrons. The minimum absolute atomic E-state index is 0.122. The second-order valence-corrected chi connectivity index (χ2v) is 9.36. The van der Waals surface area contributed by atoms with E-state index in [9.17, 15) is 9.59 Å². The van der Waals surface area contributed by atoms with Crippen LogP contribution in [0.15, 0.2) is 30.3 Å². The molecule has 31 heavy (non-hydrogen) atoms. The zero-order valence-corrected chi connectivity index (χ0v) is 18.9. The number of hydrogen-bond acceptors (Lipinski definition) is 4. The van der Waals surface area contributed by atoms with Crippen LogP contribution in [-0.2, 0) is 14.3 Å². The van der Waals surface area contributed by atoms with Gasteiger partial charge in [-0.25, -0.2) is 0 Å². The van der Waals surface area contributed by atoms with Gasteiger partial charge < -0.3 is 14.5 Å². The van der Waals surface area contributed by atoms with Gasteiger partial charge in [0.25, 0.3) is 0 Å². The molecular formula is C25H37N3O3. The SMILES string of the molecule is CC(C(=O)N1CCOCC1)N1CCN(C(=O)CC2CCC(c3ccccc3)CC2)CC1. The Hall–Kier alpha value is -1.92. The molecule has 1 saturated carbocycles. The maximum absolute atomic E-state index is 12.9. The van der Waals surface area contributed by atoms with Crippen molar-refractivity contribution in [3.63, 3.8) is 0 Å². The molecule has 3 fully saturated rings. The molecule has 0 aromatic heterocycles. The Kier molecular flexibility index (Phi) is 7.62. The molecule has 0 spiro atoms. The van der Waals surface area contributed by atoms with Crippen LogP contribution in [0.5, 0.6) is 0 Å². The molecule has 1 aromatic carbocycles. The van der Waals surface area contributed by atoms with Gasteiger partial charge in [0.15, 0.2) is 0 Å². The van der Waals surface area contributed by atoms with Crippen molar-refractivity contribution in [2.24, 2.45) is 5.92 Å². The van der Waals surface area contributed by atoms with E-state index in [1.807, 2.05) is 16.7 Å². The van der Waals surface area contributed by atoms with Crippen molar-refractivity contribution in [2.75, 3.05) is 52.5 Å². The molecule has 0 bridgehead atoms. The van der Waals surface area contributed by atoms with Crippen molar-refractivity contribution in [2.45, 2.75) is 51.0 Å². The summed E-state index contributed by atoms with van der Waals surface area (Å²) in [6.45, 7) is 7.68. The van der Waals surface area contributed by atoms with Crippen molar-refractivity contribution >= 4 is 11.8 Å². The molecule has 6 nitrogen and oxygen atoms in total. The molecule has 3 aliphatic rings. The molecule has 6 heteroatoms. The van der Waals surface area contributed by atoms with E-state index in [0.29, 0.717) is 50.5 Å². The Morgan fingerprint density at radius 3 is 2.19 bits per heavy atom. The van der Waals surface area contributed by atoms with E-state index in [4.69, 9.17) is 4.74 Å². The smallest absolute Gasteiger partial charge is 0.239 e. The maximum Gasteiger partial charge on any atom is 0.239 e. The molecule has 1 atom stereocenters. The number of benzene rings is 1. The summed E-state index contributed by atoms with van der Waals surface area (Å²) in [6, 6.07) is 10.7. The van der Waals surface area contributed by atoms with Crippen LogP contribution in [0.2, 0.25) is 0 Å². The fraction of sp³-hybridized carbons (Fsp3) is 0.680. The normalized spacial score (nSPS) is 26.5. The van der Waals surface area contributed by atoms with Crippen molar-refractivity contribution < 1.29 is 14.3 Å². The minimum atomic E-state index is -0.122. The van der Waals surface area contributed by atoms with Crippen LogP contribution in [0, 0.1) is 5.92 Å². The Morgan fingerprint density at radius 2 is 1.55 bits per heavy atom. The predicted molar refractivity (Wildman–Crippen MR) is 121 cm³/mol. The fourth-order valence-electron chi connectivity index (χ4n) is 5.36. The lowest BCUT2D eigenvalue weighted by Crippen LogP contribution is -2.56. The highest BCUT2D eigenvalue weighted by Gasteiger charge is 2.32. The molecule has 2 saturated heterocycles. The summed E-state index contributed by atoms with van der Waals surface area (Å²) in [7, 11) is 0. The number of hydrogen-bond donors (Lipinski definition) is 0. The van der Waals surface area contributed by atoms with Gasteiger partial charge in [0.1, 0.15) is 0 Å². The van der Waals surface area contributed by atoms with Gasteiger partial charge in [-0.1, -0.05) is 30.3 Å². The highest BCUT2D eigenvalue weighted by molar-refractivity contribution is 5.81. The van der Waals surface area contributed by atoms with E-state index in [0.717, 1.165) is 39.0 Å². The monoisotopic (exact) mass is 427 g/mol. The predicted octanol–water partition coefficient (Wildman–Crippen LogP) is 2.74. The Balaban J connectivity index is 1.19. The lowest BCUT2D eigenvalue weighted by molar-refractivity contribution is -0.142. The Morgan fingerprint density at radius 1 is 0.903 bits per heavy atom. The summed E-state index contributed by atoms with van der Waals surface area (Å²) in [5.74, 6) is 1.67. The number of rotatable bonds is 5. The molecular weight excluding hydrogens is 390 g/mol. The van der Waals surface area contributed by atoms with Crippen LogP contribution in [0.4, 0.5) is 0 Å². The van der Waals surface area contributed by atoms with Gasteiger partial charge >= 0.3 is 0 Å². The molecule has 2 heterocycles. The van der Waals surface area contributed by atoms with Crippen LogP contribution < -0.4 is 0 Å². The lowest BCUT2D eigenvalue weighted by Gasteiger charge is -2.40. The fourth-order valence-corrected chi connectivity index (χ4v) is 5.36. The van der Waals surface area contributed by atoms with Crippen molar-refractivity contribution in [1.82, 2.24) is 14.7 Å². The minimum Gasteiger partial charge on any atom is -0.378 e. The number of piperazine rings is 1. The first kappa shape index (κ1) is 22.3. The van der Waals surface area contributed by atoms with Crippen LogP contribution in [0.25, 0.3) is 0 Å². The number of ether oxygens (including phenoxy) is 1. The summed E-state index contributed by atoms with van der Waals surface area (Å²) in [5.41, 5.74) is 1.45. The molecule has 1 unspecified atom stereocenters. The molecule has 1 aromatic rings. The van der Waals surface area contributed by atoms with Gasteiger partial charge in [-0.3, -0.25) is 14.5 Å². The molecule has 2 aliphatic heterocycles. The molecule has 1 aliphatic carbocycles. The number of nitrogens with zero attached hydrogens (tertiary/aromatic N) is 3. The second kappa shape index (κ2) is 10.6. The van der Waals surface area contributed by atoms with E-state index >= 15 is 0 Å². The number of carbonyl (C=O) groups is 2. The zero-order chi connectivity index (χ0) is 21.6. The second-order valence-electron chi connectivity index (χ2n) is 9.36. The van der Waals surface area contributed by atoms with Gasteiger partial charge in [0.2, 0.25) is 11.8 Å². The first-order valence-corrected chi connectivity index (χ1v) is 12.0.